The summed E-state index contributed by atoms with van der Waals surface area (Å²) in [6, 6.07) is 0.361. The first-order valence-corrected chi connectivity index (χ1v) is 5.19. The van der Waals surface area contributed by atoms with Crippen LogP contribution >= 0.6 is 0 Å². The van der Waals surface area contributed by atoms with Crippen LogP contribution in [0.2, 0.25) is 0 Å². The lowest BCUT2D eigenvalue weighted by atomic mass is 9.99. The van der Waals surface area contributed by atoms with Crippen LogP contribution in [0.25, 0.3) is 0 Å². The molecule has 1 atom stereocenters. The molecule has 1 aliphatic heterocycles. The molecule has 0 aliphatic carbocycles. The molecule has 1 rings (SSSR count). The third kappa shape index (κ3) is 3.06. The highest BCUT2D eigenvalue weighted by Gasteiger charge is 2.17. The Morgan fingerprint density at radius 2 is 2.29 bits per heavy atom. The normalized spacial score (nSPS) is 20.4. The molecular formula is C10H21N3O. The summed E-state index contributed by atoms with van der Waals surface area (Å²) < 4.78 is 0. The minimum absolute atomic E-state index is 0.129. The van der Waals surface area contributed by atoms with Gasteiger partial charge in [0.25, 0.3) is 0 Å². The van der Waals surface area contributed by atoms with Crippen molar-refractivity contribution in [3.63, 3.8) is 0 Å². The fraction of sp³-hybridized carbons (Fsp3) is 0.800. The molecule has 0 aromatic rings. The second-order valence-corrected chi connectivity index (χ2v) is 4.01. The number of aliphatic hydroxyl groups excluding tert-OH is 1. The maximum Gasteiger partial charge on any atom is 0.0786 e. The zero-order valence-corrected chi connectivity index (χ0v) is 9.01. The van der Waals surface area contributed by atoms with Crippen molar-refractivity contribution in [1.82, 2.24) is 10.6 Å². The molecule has 1 aliphatic rings. The number of hydrogen-bond acceptors (Lipinski definition) is 4. The summed E-state index contributed by atoms with van der Waals surface area (Å²) in [5.74, 6) is 0. The van der Waals surface area contributed by atoms with E-state index in [2.05, 4.69) is 24.5 Å². The molecule has 5 N–H and O–H groups in total. The molecule has 4 nitrogen and oxygen atoms in total. The van der Waals surface area contributed by atoms with Gasteiger partial charge in [-0.05, 0) is 38.0 Å². The van der Waals surface area contributed by atoms with Gasteiger partial charge in [0.1, 0.15) is 0 Å². The van der Waals surface area contributed by atoms with Crippen molar-refractivity contribution in [2.75, 3.05) is 19.7 Å². The fourth-order valence-electron chi connectivity index (χ4n) is 1.72. The summed E-state index contributed by atoms with van der Waals surface area (Å²) in [6.45, 7) is 5.99. The molecule has 82 valence electrons. The number of rotatable bonds is 4. The van der Waals surface area contributed by atoms with Crippen LogP contribution in [-0.2, 0) is 0 Å². The van der Waals surface area contributed by atoms with Crippen LogP contribution in [0, 0.1) is 0 Å². The van der Waals surface area contributed by atoms with Crippen molar-refractivity contribution in [1.29, 1.82) is 0 Å². The molecule has 0 saturated carbocycles. The van der Waals surface area contributed by atoms with Crippen molar-refractivity contribution in [2.45, 2.75) is 32.5 Å². The van der Waals surface area contributed by atoms with E-state index in [1.54, 1.807) is 0 Å². The van der Waals surface area contributed by atoms with Crippen molar-refractivity contribution in [3.8, 4) is 0 Å². The zero-order chi connectivity index (χ0) is 10.6. The van der Waals surface area contributed by atoms with Gasteiger partial charge in [0.05, 0.1) is 12.8 Å². The smallest absolute Gasteiger partial charge is 0.0786 e. The molecule has 0 aromatic carbocycles. The van der Waals surface area contributed by atoms with Gasteiger partial charge < -0.3 is 16.2 Å². The zero-order valence-electron chi connectivity index (χ0n) is 9.01. The van der Waals surface area contributed by atoms with Crippen molar-refractivity contribution in [3.05, 3.63) is 11.1 Å². The SMILES string of the molecule is CC(C)NC(N)C1=C(CO)CCNC1. The molecular weight excluding hydrogens is 178 g/mol. The van der Waals surface area contributed by atoms with E-state index in [0.29, 0.717) is 6.04 Å². The average molecular weight is 199 g/mol. The lowest BCUT2D eigenvalue weighted by molar-refractivity contribution is 0.318. The van der Waals surface area contributed by atoms with Crippen LogP contribution in [-0.4, -0.2) is 37.0 Å². The van der Waals surface area contributed by atoms with E-state index in [9.17, 15) is 5.11 Å². The van der Waals surface area contributed by atoms with Crippen LogP contribution in [0.5, 0.6) is 0 Å². The standard InChI is InChI=1S/C10H21N3O/c1-7(2)13-10(11)9-5-12-4-3-8(9)6-14/h7,10,12-14H,3-6,11H2,1-2H3. The summed E-state index contributed by atoms with van der Waals surface area (Å²) in [5, 5.41) is 15.7. The Kier molecular flexibility index (Phi) is 4.54. The number of hydrogen-bond donors (Lipinski definition) is 4. The van der Waals surface area contributed by atoms with Gasteiger partial charge in [-0.2, -0.15) is 0 Å². The summed E-state index contributed by atoms with van der Waals surface area (Å²) in [4.78, 5) is 0. The van der Waals surface area contributed by atoms with Crippen molar-refractivity contribution in [2.24, 2.45) is 5.73 Å². The first kappa shape index (κ1) is 11.7. The lowest BCUT2D eigenvalue weighted by Crippen LogP contribution is -2.47. The minimum atomic E-state index is -0.134. The van der Waals surface area contributed by atoms with Gasteiger partial charge in [-0.25, -0.2) is 0 Å². The first-order valence-electron chi connectivity index (χ1n) is 5.19. The summed E-state index contributed by atoms with van der Waals surface area (Å²) >= 11 is 0. The Bertz CT molecular complexity index is 213. The molecule has 0 spiro atoms. The topological polar surface area (TPSA) is 70.3 Å². The average Bonchev–Trinajstić information content (AvgIpc) is 2.16. The molecule has 0 radical (unpaired) electrons. The maximum absolute atomic E-state index is 9.18. The molecule has 1 heterocycles. The van der Waals surface area contributed by atoms with Crippen LogP contribution < -0.4 is 16.4 Å². The van der Waals surface area contributed by atoms with Gasteiger partial charge in [0.2, 0.25) is 0 Å². The largest absolute Gasteiger partial charge is 0.392 e. The molecule has 14 heavy (non-hydrogen) atoms. The van der Waals surface area contributed by atoms with Gasteiger partial charge in [0, 0.05) is 12.6 Å². The van der Waals surface area contributed by atoms with E-state index in [4.69, 9.17) is 5.73 Å². The molecule has 0 aromatic heterocycles. The number of aliphatic hydroxyl groups is 1. The van der Waals surface area contributed by atoms with Gasteiger partial charge in [0.15, 0.2) is 0 Å². The summed E-state index contributed by atoms with van der Waals surface area (Å²) in [7, 11) is 0. The molecule has 0 amide bonds. The Labute approximate surface area is 85.6 Å². The monoisotopic (exact) mass is 199 g/mol. The molecule has 1 unspecified atom stereocenters. The van der Waals surface area contributed by atoms with E-state index in [-0.39, 0.29) is 12.8 Å². The second-order valence-electron chi connectivity index (χ2n) is 4.01. The third-order valence-electron chi connectivity index (χ3n) is 2.45. The second kappa shape index (κ2) is 5.46. The Balaban J connectivity index is 2.66. The van der Waals surface area contributed by atoms with Crippen LogP contribution in [0.1, 0.15) is 20.3 Å². The lowest BCUT2D eigenvalue weighted by Gasteiger charge is -2.27. The molecule has 4 heteroatoms. The third-order valence-corrected chi connectivity index (χ3v) is 2.45. The quantitative estimate of drug-likeness (QED) is 0.366. The van der Waals surface area contributed by atoms with E-state index in [1.807, 2.05) is 0 Å². The predicted molar refractivity (Wildman–Crippen MR) is 57.8 cm³/mol. The number of nitrogens with two attached hydrogens (primary N) is 1. The van der Waals surface area contributed by atoms with Gasteiger partial charge in [-0.3, -0.25) is 5.32 Å². The summed E-state index contributed by atoms with van der Waals surface area (Å²) in [5.41, 5.74) is 8.20. The van der Waals surface area contributed by atoms with Gasteiger partial charge in [-0.1, -0.05) is 0 Å². The molecule has 0 bridgehead atoms. The fourth-order valence-corrected chi connectivity index (χ4v) is 1.72. The Morgan fingerprint density at radius 3 is 2.86 bits per heavy atom. The van der Waals surface area contributed by atoms with E-state index in [1.165, 1.54) is 0 Å². The van der Waals surface area contributed by atoms with E-state index in [0.717, 1.165) is 30.7 Å². The predicted octanol–water partition coefficient (Wildman–Crippen LogP) is -0.449. The van der Waals surface area contributed by atoms with Crippen molar-refractivity contribution < 1.29 is 5.11 Å². The summed E-state index contributed by atoms with van der Waals surface area (Å²) in [6.07, 6.45) is 0.768. The van der Waals surface area contributed by atoms with Crippen LogP contribution in [0.15, 0.2) is 11.1 Å². The van der Waals surface area contributed by atoms with E-state index >= 15 is 0 Å². The van der Waals surface area contributed by atoms with Gasteiger partial charge >= 0.3 is 0 Å². The minimum Gasteiger partial charge on any atom is -0.392 e. The molecule has 0 saturated heterocycles. The highest BCUT2D eigenvalue weighted by Crippen LogP contribution is 2.13. The van der Waals surface area contributed by atoms with Crippen LogP contribution in [0.4, 0.5) is 0 Å². The van der Waals surface area contributed by atoms with Crippen molar-refractivity contribution >= 4 is 0 Å². The molecule has 0 fully saturated rings. The Morgan fingerprint density at radius 1 is 1.57 bits per heavy atom. The highest BCUT2D eigenvalue weighted by molar-refractivity contribution is 5.23. The Hall–Kier alpha value is -0.420. The van der Waals surface area contributed by atoms with Crippen LogP contribution in [0.3, 0.4) is 0 Å². The number of nitrogens with one attached hydrogen (secondary N) is 2. The maximum atomic E-state index is 9.18. The first-order chi connectivity index (χ1) is 6.65. The highest BCUT2D eigenvalue weighted by atomic mass is 16.3. The van der Waals surface area contributed by atoms with E-state index < -0.39 is 0 Å². The van der Waals surface area contributed by atoms with Gasteiger partial charge in [-0.15, -0.1) is 0 Å².